The SMILES string of the molecule is COC(=O)c1sccc1NC(=O)CSc1nnc(-c2ccc(F)cc2)n1CC1CCCO1. The number of nitrogens with one attached hydrogen (secondary N) is 1. The number of esters is 1. The summed E-state index contributed by atoms with van der Waals surface area (Å²) in [7, 11) is 1.29. The minimum absolute atomic E-state index is 0.0341. The maximum absolute atomic E-state index is 13.4. The summed E-state index contributed by atoms with van der Waals surface area (Å²) in [6.07, 6.45) is 1.96. The van der Waals surface area contributed by atoms with Crippen LogP contribution in [0.1, 0.15) is 22.5 Å². The van der Waals surface area contributed by atoms with Gasteiger partial charge in [0, 0.05) is 12.2 Å². The van der Waals surface area contributed by atoms with Crippen molar-refractivity contribution in [2.24, 2.45) is 0 Å². The first-order valence-electron chi connectivity index (χ1n) is 9.94. The number of nitrogens with zero attached hydrogens (tertiary/aromatic N) is 3. The van der Waals surface area contributed by atoms with Gasteiger partial charge in [0.2, 0.25) is 5.91 Å². The number of benzene rings is 1. The average molecular weight is 477 g/mol. The van der Waals surface area contributed by atoms with Crippen LogP contribution in [-0.2, 0) is 20.8 Å². The van der Waals surface area contributed by atoms with Crippen LogP contribution in [-0.4, -0.2) is 52.2 Å². The van der Waals surface area contributed by atoms with Gasteiger partial charge >= 0.3 is 5.97 Å². The Balaban J connectivity index is 1.49. The molecule has 0 bridgehead atoms. The van der Waals surface area contributed by atoms with Crippen LogP contribution >= 0.6 is 23.1 Å². The summed E-state index contributed by atoms with van der Waals surface area (Å²) < 4.78 is 25.8. The Kier molecular flexibility index (Phi) is 7.18. The Bertz CT molecular complexity index is 1090. The van der Waals surface area contributed by atoms with Gasteiger partial charge in [-0.05, 0) is 48.6 Å². The first-order valence-corrected chi connectivity index (χ1v) is 11.8. The van der Waals surface area contributed by atoms with Gasteiger partial charge in [0.25, 0.3) is 0 Å². The average Bonchev–Trinajstić information content (AvgIpc) is 3.55. The number of aromatic nitrogens is 3. The zero-order valence-corrected chi connectivity index (χ0v) is 18.9. The van der Waals surface area contributed by atoms with E-state index in [2.05, 4.69) is 15.5 Å². The van der Waals surface area contributed by atoms with Crippen LogP contribution in [0.25, 0.3) is 11.4 Å². The van der Waals surface area contributed by atoms with Crippen LogP contribution in [0.5, 0.6) is 0 Å². The summed E-state index contributed by atoms with van der Waals surface area (Å²) in [5.74, 6) is -0.445. The molecule has 1 unspecified atom stereocenters. The molecular formula is C21H21FN4O4S2. The normalized spacial score (nSPS) is 15.6. The molecule has 1 aromatic carbocycles. The molecule has 3 aromatic rings. The number of thioether (sulfide) groups is 1. The van der Waals surface area contributed by atoms with E-state index in [1.807, 2.05) is 4.57 Å². The fraction of sp³-hybridized carbons (Fsp3) is 0.333. The minimum atomic E-state index is -0.497. The van der Waals surface area contributed by atoms with E-state index in [0.717, 1.165) is 18.4 Å². The number of methoxy groups -OCH3 is 1. The lowest BCUT2D eigenvalue weighted by atomic mass is 10.2. The highest BCUT2D eigenvalue weighted by Gasteiger charge is 2.23. The number of anilines is 1. The monoisotopic (exact) mass is 476 g/mol. The summed E-state index contributed by atoms with van der Waals surface area (Å²) >= 11 is 2.43. The van der Waals surface area contributed by atoms with E-state index < -0.39 is 5.97 Å². The van der Waals surface area contributed by atoms with Crippen molar-refractivity contribution in [2.75, 3.05) is 24.8 Å². The number of thiophene rings is 1. The number of carbonyl (C=O) groups excluding carboxylic acids is 2. The molecule has 0 radical (unpaired) electrons. The number of halogens is 1. The maximum atomic E-state index is 13.4. The molecule has 8 nitrogen and oxygen atoms in total. The third kappa shape index (κ3) is 5.17. The van der Waals surface area contributed by atoms with Crippen molar-refractivity contribution in [2.45, 2.75) is 30.6 Å². The Morgan fingerprint density at radius 1 is 1.31 bits per heavy atom. The molecule has 1 aliphatic rings. The molecule has 32 heavy (non-hydrogen) atoms. The van der Waals surface area contributed by atoms with E-state index in [4.69, 9.17) is 9.47 Å². The topological polar surface area (TPSA) is 95.3 Å². The number of hydrogen-bond acceptors (Lipinski definition) is 8. The summed E-state index contributed by atoms with van der Waals surface area (Å²) in [6.45, 7) is 1.26. The number of amides is 1. The van der Waals surface area contributed by atoms with Gasteiger partial charge in [-0.25, -0.2) is 9.18 Å². The summed E-state index contributed by atoms with van der Waals surface area (Å²) in [5.41, 5.74) is 1.15. The van der Waals surface area contributed by atoms with Crippen LogP contribution in [0.3, 0.4) is 0 Å². The Hall–Kier alpha value is -2.76. The van der Waals surface area contributed by atoms with Crippen molar-refractivity contribution < 1.29 is 23.5 Å². The van der Waals surface area contributed by atoms with Gasteiger partial charge in [-0.2, -0.15) is 0 Å². The predicted molar refractivity (Wildman–Crippen MR) is 119 cm³/mol. The lowest BCUT2D eigenvalue weighted by molar-refractivity contribution is -0.113. The molecule has 1 fully saturated rings. The predicted octanol–water partition coefficient (Wildman–Crippen LogP) is 3.84. The second-order valence-electron chi connectivity index (χ2n) is 7.05. The molecule has 1 saturated heterocycles. The first kappa shape index (κ1) is 22.4. The largest absolute Gasteiger partial charge is 0.465 e. The lowest BCUT2D eigenvalue weighted by Crippen LogP contribution is -2.18. The third-order valence-electron chi connectivity index (χ3n) is 4.87. The Morgan fingerprint density at radius 3 is 2.84 bits per heavy atom. The third-order valence-corrected chi connectivity index (χ3v) is 6.73. The zero-order chi connectivity index (χ0) is 22.5. The minimum Gasteiger partial charge on any atom is -0.465 e. The number of hydrogen-bond donors (Lipinski definition) is 1. The standard InChI is InChI=1S/C21H21FN4O4S2/c1-29-20(28)18-16(8-10-31-18)23-17(27)12-32-21-25-24-19(13-4-6-14(22)7-5-13)26(21)11-15-3-2-9-30-15/h4-8,10,15H,2-3,9,11-12H2,1H3,(H,23,27). The number of rotatable bonds is 8. The highest BCUT2D eigenvalue weighted by molar-refractivity contribution is 7.99. The van der Waals surface area contributed by atoms with Crippen LogP contribution in [0.2, 0.25) is 0 Å². The van der Waals surface area contributed by atoms with Crippen molar-refractivity contribution in [3.63, 3.8) is 0 Å². The molecule has 11 heteroatoms. The van der Waals surface area contributed by atoms with Gasteiger partial charge in [-0.3, -0.25) is 9.36 Å². The van der Waals surface area contributed by atoms with Crippen molar-refractivity contribution in [3.05, 3.63) is 46.4 Å². The molecule has 1 aliphatic heterocycles. The van der Waals surface area contributed by atoms with Gasteiger partial charge in [-0.15, -0.1) is 21.5 Å². The number of carbonyl (C=O) groups is 2. The second kappa shape index (κ2) is 10.2. The second-order valence-corrected chi connectivity index (χ2v) is 8.91. The molecule has 0 aliphatic carbocycles. The van der Waals surface area contributed by atoms with E-state index in [1.165, 1.54) is 42.3 Å². The molecule has 4 rings (SSSR count). The molecule has 168 valence electrons. The fourth-order valence-corrected chi connectivity index (χ4v) is 4.85. The van der Waals surface area contributed by atoms with Crippen LogP contribution < -0.4 is 5.32 Å². The summed E-state index contributed by atoms with van der Waals surface area (Å²) in [6, 6.07) is 7.71. The van der Waals surface area contributed by atoms with E-state index in [1.54, 1.807) is 23.6 Å². The highest BCUT2D eigenvalue weighted by Crippen LogP contribution is 2.28. The molecule has 1 atom stereocenters. The van der Waals surface area contributed by atoms with Gasteiger partial charge in [0.1, 0.15) is 10.7 Å². The molecule has 0 saturated carbocycles. The number of ether oxygens (including phenoxy) is 2. The highest BCUT2D eigenvalue weighted by atomic mass is 32.2. The van der Waals surface area contributed by atoms with Crippen molar-refractivity contribution in [3.8, 4) is 11.4 Å². The lowest BCUT2D eigenvalue weighted by Gasteiger charge is -2.14. The first-order chi connectivity index (χ1) is 15.5. The summed E-state index contributed by atoms with van der Waals surface area (Å²) in [5, 5.41) is 13.6. The van der Waals surface area contributed by atoms with Crippen LogP contribution in [0.15, 0.2) is 40.9 Å². The molecule has 2 aromatic heterocycles. The Morgan fingerprint density at radius 2 is 2.12 bits per heavy atom. The van der Waals surface area contributed by atoms with E-state index >= 15 is 0 Å². The van der Waals surface area contributed by atoms with Crippen molar-refractivity contribution >= 4 is 40.7 Å². The van der Waals surface area contributed by atoms with E-state index in [0.29, 0.717) is 34.7 Å². The van der Waals surface area contributed by atoms with Crippen LogP contribution in [0.4, 0.5) is 10.1 Å². The van der Waals surface area contributed by atoms with Gasteiger partial charge in [0.05, 0.1) is 31.2 Å². The fourth-order valence-electron chi connectivity index (χ4n) is 3.34. The maximum Gasteiger partial charge on any atom is 0.350 e. The van der Waals surface area contributed by atoms with Crippen molar-refractivity contribution in [1.82, 2.24) is 14.8 Å². The van der Waals surface area contributed by atoms with E-state index in [-0.39, 0.29) is 23.6 Å². The molecule has 1 amide bonds. The molecule has 1 N–H and O–H groups in total. The molecular weight excluding hydrogens is 455 g/mol. The van der Waals surface area contributed by atoms with Crippen LogP contribution in [0, 0.1) is 5.82 Å². The van der Waals surface area contributed by atoms with Gasteiger partial charge in [-0.1, -0.05) is 11.8 Å². The zero-order valence-electron chi connectivity index (χ0n) is 17.2. The van der Waals surface area contributed by atoms with Crippen molar-refractivity contribution in [1.29, 1.82) is 0 Å². The Labute approximate surface area is 192 Å². The summed E-state index contributed by atoms with van der Waals surface area (Å²) in [4.78, 5) is 24.7. The smallest absolute Gasteiger partial charge is 0.350 e. The van der Waals surface area contributed by atoms with Gasteiger partial charge in [0.15, 0.2) is 11.0 Å². The van der Waals surface area contributed by atoms with Gasteiger partial charge < -0.3 is 14.8 Å². The quantitative estimate of drug-likeness (QED) is 0.390. The molecule has 3 heterocycles. The molecule has 0 spiro atoms. The van der Waals surface area contributed by atoms with E-state index in [9.17, 15) is 14.0 Å².